The summed E-state index contributed by atoms with van der Waals surface area (Å²) in [7, 11) is 1.99. The first-order valence-electron chi connectivity index (χ1n) is 12.3. The normalized spacial score (nSPS) is 18.7. The van der Waals surface area contributed by atoms with Gasteiger partial charge in [0.1, 0.15) is 24.5 Å². The van der Waals surface area contributed by atoms with Crippen molar-refractivity contribution in [2.24, 2.45) is 16.7 Å². The fourth-order valence-electron chi connectivity index (χ4n) is 4.64. The molecular formula is C27H37FN6O2. The second-order valence-corrected chi connectivity index (χ2v) is 9.53. The van der Waals surface area contributed by atoms with Gasteiger partial charge in [-0.3, -0.25) is 9.69 Å². The number of aryl methyl sites for hydroxylation is 1. The molecule has 8 nitrogen and oxygen atoms in total. The van der Waals surface area contributed by atoms with E-state index < -0.39 is 0 Å². The Bertz CT molecular complexity index is 1050. The molecule has 1 amide bonds. The molecule has 2 unspecified atom stereocenters. The van der Waals surface area contributed by atoms with Gasteiger partial charge in [0.15, 0.2) is 0 Å². The number of likely N-dealkylation sites (N-methyl/N-ethyl adjacent to an activating group) is 1. The largest absolute Gasteiger partial charge is 0.386 e. The van der Waals surface area contributed by atoms with E-state index in [0.29, 0.717) is 18.0 Å². The van der Waals surface area contributed by atoms with Crippen LogP contribution in [0.15, 0.2) is 47.6 Å². The zero-order valence-electron chi connectivity index (χ0n) is 21.3. The van der Waals surface area contributed by atoms with Gasteiger partial charge in [-0.15, -0.1) is 5.10 Å². The summed E-state index contributed by atoms with van der Waals surface area (Å²) in [5, 5.41) is 7.71. The predicted molar refractivity (Wildman–Crippen MR) is 139 cm³/mol. The SMILES string of the molecule is C/C(N)=N/N(N)CC=O.Cc1cc(C(NC(=O)C2CCCN2C)c2ccccc2)cc(F)c1C1CC1. The summed E-state index contributed by atoms with van der Waals surface area (Å²) in [6.45, 7) is 4.58. The van der Waals surface area contributed by atoms with Gasteiger partial charge in [0.2, 0.25) is 5.91 Å². The molecule has 1 heterocycles. The van der Waals surface area contributed by atoms with Crippen molar-refractivity contribution in [1.82, 2.24) is 15.3 Å². The Balaban J connectivity index is 0.000000345. The average molecular weight is 497 g/mol. The maximum atomic E-state index is 14.9. The van der Waals surface area contributed by atoms with Crippen LogP contribution in [-0.2, 0) is 9.59 Å². The van der Waals surface area contributed by atoms with Crippen molar-refractivity contribution in [2.75, 3.05) is 20.1 Å². The van der Waals surface area contributed by atoms with E-state index in [1.807, 2.05) is 50.4 Å². The highest BCUT2D eigenvalue weighted by Crippen LogP contribution is 2.43. The number of hydrogen-bond acceptors (Lipinski definition) is 6. The number of carbonyl (C=O) groups excluding carboxylic acids is 2. The molecule has 0 aromatic heterocycles. The van der Waals surface area contributed by atoms with Gasteiger partial charge >= 0.3 is 0 Å². The van der Waals surface area contributed by atoms with Crippen LogP contribution in [0.2, 0.25) is 0 Å². The summed E-state index contributed by atoms with van der Waals surface area (Å²) in [5.41, 5.74) is 8.77. The van der Waals surface area contributed by atoms with Gasteiger partial charge in [-0.1, -0.05) is 36.4 Å². The van der Waals surface area contributed by atoms with E-state index in [2.05, 4.69) is 15.3 Å². The van der Waals surface area contributed by atoms with Gasteiger partial charge in [0, 0.05) is 0 Å². The second kappa shape index (κ2) is 12.6. The number of hydrogen-bond donors (Lipinski definition) is 3. The van der Waals surface area contributed by atoms with E-state index in [4.69, 9.17) is 11.6 Å². The summed E-state index contributed by atoms with van der Waals surface area (Å²) < 4.78 is 14.9. The number of carbonyl (C=O) groups is 2. The zero-order chi connectivity index (χ0) is 26.2. The molecule has 1 aliphatic carbocycles. The van der Waals surface area contributed by atoms with Crippen LogP contribution >= 0.6 is 0 Å². The summed E-state index contributed by atoms with van der Waals surface area (Å²) in [6, 6.07) is 13.1. The third-order valence-corrected chi connectivity index (χ3v) is 6.47. The van der Waals surface area contributed by atoms with E-state index in [-0.39, 0.29) is 30.4 Å². The van der Waals surface area contributed by atoms with Crippen molar-refractivity contribution >= 4 is 18.0 Å². The number of nitrogens with zero attached hydrogens (tertiary/aromatic N) is 3. The molecule has 194 valence electrons. The number of aldehydes is 1. The molecule has 0 spiro atoms. The summed E-state index contributed by atoms with van der Waals surface area (Å²) >= 11 is 0. The van der Waals surface area contributed by atoms with Crippen molar-refractivity contribution in [3.8, 4) is 0 Å². The molecule has 2 aromatic carbocycles. The number of rotatable bonds is 8. The smallest absolute Gasteiger partial charge is 0.238 e. The Morgan fingerprint density at radius 2 is 1.94 bits per heavy atom. The fraction of sp³-hybridized carbons (Fsp3) is 0.444. The third-order valence-electron chi connectivity index (χ3n) is 6.47. The van der Waals surface area contributed by atoms with Gasteiger partial charge in [0.25, 0.3) is 0 Å². The topological polar surface area (TPSA) is 117 Å². The quantitative estimate of drug-likeness (QED) is 0.170. The van der Waals surface area contributed by atoms with Crippen molar-refractivity contribution in [3.63, 3.8) is 0 Å². The number of hydrazone groups is 1. The van der Waals surface area contributed by atoms with Crippen LogP contribution in [-0.4, -0.2) is 54.2 Å². The van der Waals surface area contributed by atoms with E-state index in [1.165, 1.54) is 0 Å². The van der Waals surface area contributed by atoms with Crippen LogP contribution in [0.25, 0.3) is 0 Å². The molecule has 2 fully saturated rings. The van der Waals surface area contributed by atoms with Crippen LogP contribution < -0.4 is 16.9 Å². The molecule has 4 rings (SSSR count). The second-order valence-electron chi connectivity index (χ2n) is 9.53. The molecule has 2 aliphatic rings. The minimum atomic E-state index is -0.339. The fourth-order valence-corrected chi connectivity index (χ4v) is 4.64. The molecule has 1 saturated carbocycles. The summed E-state index contributed by atoms with van der Waals surface area (Å²) in [6.07, 6.45) is 4.70. The highest BCUT2D eigenvalue weighted by atomic mass is 19.1. The highest BCUT2D eigenvalue weighted by Gasteiger charge is 2.32. The first kappa shape index (κ1) is 27.3. The average Bonchev–Trinajstić information content (AvgIpc) is 3.56. The number of amidine groups is 1. The number of likely N-dealkylation sites (tertiary alicyclic amines) is 1. The maximum absolute atomic E-state index is 14.9. The molecule has 1 saturated heterocycles. The number of halogens is 1. The Morgan fingerprint density at radius 1 is 1.25 bits per heavy atom. The van der Waals surface area contributed by atoms with Crippen molar-refractivity contribution in [1.29, 1.82) is 0 Å². The molecule has 0 radical (unpaired) electrons. The molecule has 36 heavy (non-hydrogen) atoms. The number of hydrazine groups is 1. The minimum absolute atomic E-state index is 0.0215. The first-order chi connectivity index (χ1) is 17.2. The monoisotopic (exact) mass is 496 g/mol. The molecule has 9 heteroatoms. The maximum Gasteiger partial charge on any atom is 0.238 e. The lowest BCUT2D eigenvalue weighted by Crippen LogP contribution is -2.43. The Kier molecular flexibility index (Phi) is 9.55. The minimum Gasteiger partial charge on any atom is -0.386 e. The molecular weight excluding hydrogens is 459 g/mol. The Morgan fingerprint density at radius 3 is 2.47 bits per heavy atom. The first-order valence-corrected chi connectivity index (χ1v) is 12.3. The van der Waals surface area contributed by atoms with Gasteiger partial charge in [-0.25, -0.2) is 15.4 Å². The zero-order valence-corrected chi connectivity index (χ0v) is 21.3. The van der Waals surface area contributed by atoms with Crippen molar-refractivity contribution in [3.05, 3.63) is 70.5 Å². The Labute approximate surface area is 212 Å². The van der Waals surface area contributed by atoms with Crippen LogP contribution in [0.1, 0.15) is 66.8 Å². The number of amides is 1. The molecule has 2 atom stereocenters. The van der Waals surface area contributed by atoms with Gasteiger partial charge < -0.3 is 15.8 Å². The van der Waals surface area contributed by atoms with Crippen LogP contribution in [0.3, 0.4) is 0 Å². The van der Waals surface area contributed by atoms with Crippen molar-refractivity contribution < 1.29 is 14.0 Å². The molecule has 0 bridgehead atoms. The van der Waals surface area contributed by atoms with E-state index >= 15 is 0 Å². The van der Waals surface area contributed by atoms with Crippen LogP contribution in [0, 0.1) is 12.7 Å². The van der Waals surface area contributed by atoms with Gasteiger partial charge in [-0.2, -0.15) is 0 Å². The van der Waals surface area contributed by atoms with Gasteiger partial charge in [-0.05, 0) is 87.4 Å². The standard InChI is InChI=1S/C23H27FN2O.C4H10N4O/c1-15-13-18(14-19(24)21(15)16-10-11-16)22(17-7-4-3-5-8-17)25-23(27)20-9-6-12-26(20)2;1-4(5)7-8(6)2-3-9/h3-5,7-8,13-14,16,20,22H,6,9-12H2,1-2H3,(H,25,27);3H,2,6H2,1H3,(H2,5,7). The van der Waals surface area contributed by atoms with Crippen LogP contribution in [0.4, 0.5) is 4.39 Å². The lowest BCUT2D eigenvalue weighted by molar-refractivity contribution is -0.125. The number of nitrogens with one attached hydrogen (secondary N) is 1. The molecule has 2 aromatic rings. The lowest BCUT2D eigenvalue weighted by Gasteiger charge is -2.25. The van der Waals surface area contributed by atoms with E-state index in [0.717, 1.165) is 59.6 Å². The molecule has 5 N–H and O–H groups in total. The molecule has 1 aliphatic heterocycles. The predicted octanol–water partition coefficient (Wildman–Crippen LogP) is 2.96. The third kappa shape index (κ3) is 7.35. The lowest BCUT2D eigenvalue weighted by atomic mass is 9.93. The van der Waals surface area contributed by atoms with E-state index in [9.17, 15) is 14.0 Å². The van der Waals surface area contributed by atoms with E-state index in [1.54, 1.807) is 13.0 Å². The van der Waals surface area contributed by atoms with Gasteiger partial charge in [0.05, 0.1) is 12.1 Å². The summed E-state index contributed by atoms with van der Waals surface area (Å²) in [5.74, 6) is 5.71. The highest BCUT2D eigenvalue weighted by molar-refractivity contribution is 5.83. The number of benzene rings is 2. The number of nitrogens with two attached hydrogens (primary N) is 2. The summed E-state index contributed by atoms with van der Waals surface area (Å²) in [4.78, 5) is 24.8. The Hall–Kier alpha value is -3.30. The van der Waals surface area contributed by atoms with Crippen LogP contribution in [0.5, 0.6) is 0 Å². The van der Waals surface area contributed by atoms with Crippen molar-refractivity contribution in [2.45, 2.75) is 57.5 Å².